The molecule has 1 N–H and O–H groups in total. The molecule has 1 aliphatic rings. The number of amides is 1. The normalized spacial score (nSPS) is 13.7. The standard InChI is InChI=1S/C22H22ClN3O3/c1-28-20-13-19(26-8-3-4-9-26)21(29-2)11-15(20)10-16(14-24)22(27)25-18-7-5-6-17(23)12-18/h5-7,10-13H,3-4,8-9H2,1-2H3,(H,25,27)/b16-10-. The molecule has 2 aromatic carbocycles. The lowest BCUT2D eigenvalue weighted by Crippen LogP contribution is -2.18. The molecular weight excluding hydrogens is 390 g/mol. The van der Waals surface area contributed by atoms with Gasteiger partial charge in [0.05, 0.1) is 19.9 Å². The number of rotatable bonds is 6. The first-order valence-corrected chi connectivity index (χ1v) is 9.63. The van der Waals surface area contributed by atoms with Crippen molar-refractivity contribution in [2.45, 2.75) is 12.8 Å². The van der Waals surface area contributed by atoms with Gasteiger partial charge in [-0.25, -0.2) is 0 Å². The molecule has 1 aliphatic heterocycles. The van der Waals surface area contributed by atoms with Crippen molar-refractivity contribution in [2.75, 3.05) is 37.5 Å². The largest absolute Gasteiger partial charge is 0.496 e. The topological polar surface area (TPSA) is 74.6 Å². The summed E-state index contributed by atoms with van der Waals surface area (Å²) in [5, 5.41) is 12.7. The maximum absolute atomic E-state index is 12.6. The van der Waals surface area contributed by atoms with Crippen molar-refractivity contribution in [3.8, 4) is 17.6 Å². The number of halogens is 1. The number of ether oxygens (including phenoxy) is 2. The minimum atomic E-state index is -0.528. The maximum Gasteiger partial charge on any atom is 0.266 e. The molecule has 0 unspecified atom stereocenters. The van der Waals surface area contributed by atoms with Gasteiger partial charge < -0.3 is 19.7 Å². The summed E-state index contributed by atoms with van der Waals surface area (Å²) in [5.74, 6) is 0.710. The predicted octanol–water partition coefficient (Wildman–Crippen LogP) is 4.50. The monoisotopic (exact) mass is 411 g/mol. The highest BCUT2D eigenvalue weighted by Gasteiger charge is 2.20. The number of carbonyl (C=O) groups excluding carboxylic acids is 1. The molecule has 3 rings (SSSR count). The lowest BCUT2D eigenvalue weighted by atomic mass is 10.1. The zero-order valence-corrected chi connectivity index (χ0v) is 17.1. The Balaban J connectivity index is 1.93. The summed E-state index contributed by atoms with van der Waals surface area (Å²) in [5.41, 5.74) is 1.99. The van der Waals surface area contributed by atoms with Crippen LogP contribution in [0.15, 0.2) is 42.0 Å². The van der Waals surface area contributed by atoms with Crippen LogP contribution >= 0.6 is 11.6 Å². The van der Waals surface area contributed by atoms with E-state index in [2.05, 4.69) is 10.2 Å². The molecule has 1 saturated heterocycles. The first-order chi connectivity index (χ1) is 14.0. The van der Waals surface area contributed by atoms with Crippen LogP contribution in [0.4, 0.5) is 11.4 Å². The summed E-state index contributed by atoms with van der Waals surface area (Å²) in [6, 6.07) is 12.4. The molecular formula is C22H22ClN3O3. The molecule has 7 heteroatoms. The summed E-state index contributed by atoms with van der Waals surface area (Å²) >= 11 is 5.95. The summed E-state index contributed by atoms with van der Waals surface area (Å²) in [6.45, 7) is 1.92. The van der Waals surface area contributed by atoms with E-state index in [-0.39, 0.29) is 5.57 Å². The van der Waals surface area contributed by atoms with Crippen molar-refractivity contribution in [1.82, 2.24) is 0 Å². The van der Waals surface area contributed by atoms with E-state index >= 15 is 0 Å². The number of benzene rings is 2. The molecule has 150 valence electrons. The molecule has 0 spiro atoms. The van der Waals surface area contributed by atoms with Crippen molar-refractivity contribution in [3.05, 3.63) is 52.6 Å². The molecule has 29 heavy (non-hydrogen) atoms. The third-order valence-corrected chi connectivity index (χ3v) is 4.96. The average molecular weight is 412 g/mol. The average Bonchev–Trinajstić information content (AvgIpc) is 3.26. The summed E-state index contributed by atoms with van der Waals surface area (Å²) in [6.07, 6.45) is 3.76. The second-order valence-electron chi connectivity index (χ2n) is 6.59. The SMILES string of the molecule is COc1cc(N2CCCC2)c(OC)cc1/C=C(/C#N)C(=O)Nc1cccc(Cl)c1. The van der Waals surface area contributed by atoms with Crippen LogP contribution < -0.4 is 19.7 Å². The number of hydrogen-bond acceptors (Lipinski definition) is 5. The van der Waals surface area contributed by atoms with Gasteiger partial charge in [0, 0.05) is 35.4 Å². The van der Waals surface area contributed by atoms with Crippen LogP contribution in [0.2, 0.25) is 5.02 Å². The molecule has 0 aromatic heterocycles. The number of nitriles is 1. The lowest BCUT2D eigenvalue weighted by molar-refractivity contribution is -0.112. The van der Waals surface area contributed by atoms with Crippen LogP contribution in [-0.2, 0) is 4.79 Å². The fourth-order valence-corrected chi connectivity index (χ4v) is 3.48. The molecule has 0 bridgehead atoms. The van der Waals surface area contributed by atoms with Crippen LogP contribution in [0, 0.1) is 11.3 Å². The van der Waals surface area contributed by atoms with Crippen molar-refractivity contribution >= 4 is 35.0 Å². The Morgan fingerprint density at radius 3 is 2.52 bits per heavy atom. The molecule has 1 heterocycles. The highest BCUT2D eigenvalue weighted by Crippen LogP contribution is 2.38. The molecule has 0 radical (unpaired) electrons. The molecule has 1 amide bonds. The minimum absolute atomic E-state index is 0.0562. The summed E-state index contributed by atoms with van der Waals surface area (Å²) in [4.78, 5) is 14.8. The number of carbonyl (C=O) groups is 1. The van der Waals surface area contributed by atoms with E-state index in [1.807, 2.05) is 12.1 Å². The van der Waals surface area contributed by atoms with Crippen LogP contribution in [0.5, 0.6) is 11.5 Å². The van der Waals surface area contributed by atoms with E-state index in [1.54, 1.807) is 44.6 Å². The van der Waals surface area contributed by atoms with Gasteiger partial charge in [0.15, 0.2) is 0 Å². The lowest BCUT2D eigenvalue weighted by Gasteiger charge is -2.22. The molecule has 0 atom stereocenters. The first-order valence-electron chi connectivity index (χ1n) is 9.25. The fourth-order valence-electron chi connectivity index (χ4n) is 3.29. The molecule has 0 saturated carbocycles. The van der Waals surface area contributed by atoms with Gasteiger partial charge in [-0.15, -0.1) is 0 Å². The first kappa shape index (κ1) is 20.6. The molecule has 6 nitrogen and oxygen atoms in total. The number of anilines is 2. The third-order valence-electron chi connectivity index (χ3n) is 4.73. The highest BCUT2D eigenvalue weighted by molar-refractivity contribution is 6.31. The Kier molecular flexibility index (Phi) is 6.63. The van der Waals surface area contributed by atoms with Crippen LogP contribution in [0.3, 0.4) is 0 Å². The Morgan fingerprint density at radius 1 is 1.17 bits per heavy atom. The van der Waals surface area contributed by atoms with Crippen LogP contribution in [0.25, 0.3) is 6.08 Å². The highest BCUT2D eigenvalue weighted by atomic mass is 35.5. The zero-order chi connectivity index (χ0) is 20.8. The van der Waals surface area contributed by atoms with E-state index in [0.717, 1.165) is 31.6 Å². The van der Waals surface area contributed by atoms with Gasteiger partial charge in [0.2, 0.25) is 0 Å². The Hall–Kier alpha value is -3.17. The molecule has 2 aromatic rings. The van der Waals surface area contributed by atoms with Crippen molar-refractivity contribution in [1.29, 1.82) is 5.26 Å². The van der Waals surface area contributed by atoms with Gasteiger partial charge in [0.25, 0.3) is 5.91 Å². The van der Waals surface area contributed by atoms with Crippen LogP contribution in [-0.4, -0.2) is 33.2 Å². The predicted molar refractivity (Wildman–Crippen MR) is 115 cm³/mol. The summed E-state index contributed by atoms with van der Waals surface area (Å²) < 4.78 is 11.1. The quantitative estimate of drug-likeness (QED) is 0.559. The zero-order valence-electron chi connectivity index (χ0n) is 16.4. The number of nitrogens with zero attached hydrogens (tertiary/aromatic N) is 2. The minimum Gasteiger partial charge on any atom is -0.496 e. The van der Waals surface area contributed by atoms with Crippen molar-refractivity contribution < 1.29 is 14.3 Å². The van der Waals surface area contributed by atoms with Crippen molar-refractivity contribution in [2.24, 2.45) is 0 Å². The Morgan fingerprint density at radius 2 is 1.90 bits per heavy atom. The van der Waals surface area contributed by atoms with E-state index in [0.29, 0.717) is 27.8 Å². The second kappa shape index (κ2) is 9.35. The Bertz CT molecular complexity index is 976. The number of hydrogen-bond donors (Lipinski definition) is 1. The smallest absolute Gasteiger partial charge is 0.266 e. The van der Waals surface area contributed by atoms with Gasteiger partial charge >= 0.3 is 0 Å². The van der Waals surface area contributed by atoms with Crippen molar-refractivity contribution in [3.63, 3.8) is 0 Å². The van der Waals surface area contributed by atoms with Gasteiger partial charge in [-0.1, -0.05) is 17.7 Å². The van der Waals surface area contributed by atoms with Gasteiger partial charge in [-0.05, 0) is 43.2 Å². The van der Waals surface area contributed by atoms with E-state index in [4.69, 9.17) is 21.1 Å². The van der Waals surface area contributed by atoms with E-state index < -0.39 is 5.91 Å². The van der Waals surface area contributed by atoms with Crippen LogP contribution in [0.1, 0.15) is 18.4 Å². The second-order valence-corrected chi connectivity index (χ2v) is 7.03. The van der Waals surface area contributed by atoms with Gasteiger partial charge in [0.1, 0.15) is 23.1 Å². The number of nitrogens with one attached hydrogen (secondary N) is 1. The fraction of sp³-hybridized carbons (Fsp3) is 0.273. The van der Waals surface area contributed by atoms with Gasteiger partial charge in [-0.3, -0.25) is 4.79 Å². The van der Waals surface area contributed by atoms with Gasteiger partial charge in [-0.2, -0.15) is 5.26 Å². The molecule has 1 fully saturated rings. The summed E-state index contributed by atoms with van der Waals surface area (Å²) in [7, 11) is 3.16. The Labute approximate surface area is 175 Å². The third kappa shape index (κ3) is 4.82. The maximum atomic E-state index is 12.6. The van der Waals surface area contributed by atoms with E-state index in [1.165, 1.54) is 6.08 Å². The number of methoxy groups -OCH3 is 2. The van der Waals surface area contributed by atoms with E-state index in [9.17, 15) is 10.1 Å². The molecule has 0 aliphatic carbocycles.